The number of methoxy groups -OCH3 is 1. The van der Waals surface area contributed by atoms with Gasteiger partial charge in [0.05, 0.1) is 25.6 Å². The summed E-state index contributed by atoms with van der Waals surface area (Å²) in [5.41, 5.74) is 0.482. The first-order chi connectivity index (χ1) is 15.1. The zero-order valence-corrected chi connectivity index (χ0v) is 18.2. The van der Waals surface area contributed by atoms with E-state index in [9.17, 15) is 22.0 Å². The average Bonchev–Trinajstić information content (AvgIpc) is 3.22. The lowest BCUT2D eigenvalue weighted by atomic mass is 10.2. The molecule has 1 heterocycles. The van der Waals surface area contributed by atoms with Crippen LogP contribution in [0.25, 0.3) is 11.4 Å². The topological polar surface area (TPSA) is 115 Å². The van der Waals surface area contributed by atoms with Gasteiger partial charge in [-0.3, -0.25) is 9.10 Å². The fourth-order valence-corrected chi connectivity index (χ4v) is 4.09. The molecular formula is C20H20F2N4O5S. The molecule has 12 heteroatoms. The number of benzene rings is 2. The minimum atomic E-state index is -3.99. The van der Waals surface area contributed by atoms with E-state index in [1.165, 1.54) is 6.92 Å². The van der Waals surface area contributed by atoms with Crippen molar-refractivity contribution >= 4 is 21.6 Å². The second kappa shape index (κ2) is 9.30. The van der Waals surface area contributed by atoms with E-state index in [2.05, 4.69) is 15.5 Å². The Morgan fingerprint density at radius 1 is 1.19 bits per heavy atom. The average molecular weight is 466 g/mol. The van der Waals surface area contributed by atoms with Crippen LogP contribution in [-0.2, 0) is 21.4 Å². The maximum Gasteiger partial charge on any atom is 0.246 e. The lowest BCUT2D eigenvalue weighted by Gasteiger charge is -2.28. The minimum Gasteiger partial charge on any atom is -0.497 e. The van der Waals surface area contributed by atoms with Crippen LogP contribution in [0.1, 0.15) is 12.8 Å². The molecule has 0 aliphatic heterocycles. The van der Waals surface area contributed by atoms with E-state index in [0.29, 0.717) is 27.5 Å². The molecule has 0 aliphatic carbocycles. The molecule has 1 aromatic heterocycles. The van der Waals surface area contributed by atoms with Crippen LogP contribution in [0, 0.1) is 11.6 Å². The Balaban J connectivity index is 1.71. The molecule has 0 spiro atoms. The highest BCUT2D eigenvalue weighted by Gasteiger charge is 2.30. The second-order valence-corrected chi connectivity index (χ2v) is 8.65. The predicted octanol–water partition coefficient (Wildman–Crippen LogP) is 2.49. The fourth-order valence-electron chi connectivity index (χ4n) is 2.93. The first kappa shape index (κ1) is 23.1. The minimum absolute atomic E-state index is 0.0927. The number of hydrogen-bond acceptors (Lipinski definition) is 7. The second-order valence-electron chi connectivity index (χ2n) is 6.79. The third-order valence-electron chi connectivity index (χ3n) is 4.48. The van der Waals surface area contributed by atoms with Crippen molar-refractivity contribution < 1.29 is 31.3 Å². The molecule has 0 unspecified atom stereocenters. The first-order valence-electron chi connectivity index (χ1n) is 9.29. The Morgan fingerprint density at radius 3 is 2.47 bits per heavy atom. The highest BCUT2D eigenvalue weighted by atomic mass is 32.2. The van der Waals surface area contributed by atoms with Gasteiger partial charge in [0.1, 0.15) is 11.8 Å². The van der Waals surface area contributed by atoms with Crippen molar-refractivity contribution in [3.8, 4) is 17.1 Å². The van der Waals surface area contributed by atoms with E-state index in [4.69, 9.17) is 9.26 Å². The Kier molecular flexibility index (Phi) is 6.72. The Morgan fingerprint density at radius 2 is 1.88 bits per heavy atom. The normalized spacial score (nSPS) is 12.3. The third-order valence-corrected chi connectivity index (χ3v) is 5.72. The van der Waals surface area contributed by atoms with Gasteiger partial charge in [-0.1, -0.05) is 5.16 Å². The van der Waals surface area contributed by atoms with E-state index in [1.54, 1.807) is 31.4 Å². The van der Waals surface area contributed by atoms with Gasteiger partial charge < -0.3 is 14.6 Å². The van der Waals surface area contributed by atoms with Crippen molar-refractivity contribution in [1.82, 2.24) is 15.5 Å². The molecule has 1 atom stereocenters. The zero-order valence-electron chi connectivity index (χ0n) is 17.4. The molecule has 9 nitrogen and oxygen atoms in total. The smallest absolute Gasteiger partial charge is 0.246 e. The van der Waals surface area contributed by atoms with Gasteiger partial charge in [-0.2, -0.15) is 4.98 Å². The van der Waals surface area contributed by atoms with E-state index >= 15 is 0 Å². The number of amides is 1. The van der Waals surface area contributed by atoms with Crippen molar-refractivity contribution in [1.29, 1.82) is 0 Å². The lowest BCUT2D eigenvalue weighted by Crippen LogP contribution is -2.47. The van der Waals surface area contributed by atoms with Gasteiger partial charge >= 0.3 is 0 Å². The van der Waals surface area contributed by atoms with E-state index in [1.807, 2.05) is 0 Å². The quantitative estimate of drug-likeness (QED) is 0.542. The summed E-state index contributed by atoms with van der Waals surface area (Å²) in [4.78, 5) is 16.8. The van der Waals surface area contributed by atoms with Gasteiger partial charge in [0, 0.05) is 11.6 Å². The Bertz CT molecular complexity index is 1210. The highest BCUT2D eigenvalue weighted by Crippen LogP contribution is 2.23. The molecule has 1 N–H and O–H groups in total. The van der Waals surface area contributed by atoms with Gasteiger partial charge in [0.25, 0.3) is 0 Å². The number of halogens is 2. The van der Waals surface area contributed by atoms with Gasteiger partial charge in [0.15, 0.2) is 11.6 Å². The molecule has 3 rings (SSSR count). The molecule has 0 bridgehead atoms. The van der Waals surface area contributed by atoms with Crippen LogP contribution in [-0.4, -0.2) is 43.9 Å². The molecule has 32 heavy (non-hydrogen) atoms. The summed E-state index contributed by atoms with van der Waals surface area (Å²) >= 11 is 0. The number of nitrogens with zero attached hydrogens (tertiary/aromatic N) is 3. The Hall–Kier alpha value is -3.54. The molecule has 0 radical (unpaired) electrons. The number of rotatable bonds is 8. The number of aromatic nitrogens is 2. The monoisotopic (exact) mass is 466 g/mol. The van der Waals surface area contributed by atoms with Crippen LogP contribution < -0.4 is 14.4 Å². The number of carbonyl (C=O) groups excluding carboxylic acids is 1. The van der Waals surface area contributed by atoms with Gasteiger partial charge in [-0.15, -0.1) is 0 Å². The van der Waals surface area contributed by atoms with Crippen LogP contribution >= 0.6 is 0 Å². The maximum absolute atomic E-state index is 13.6. The van der Waals surface area contributed by atoms with Crippen LogP contribution in [0.4, 0.5) is 14.5 Å². The third kappa shape index (κ3) is 5.19. The van der Waals surface area contributed by atoms with Crippen LogP contribution in [0.3, 0.4) is 0 Å². The number of anilines is 1. The predicted molar refractivity (Wildman–Crippen MR) is 111 cm³/mol. The van der Waals surface area contributed by atoms with Crippen LogP contribution in [0.2, 0.25) is 0 Å². The lowest BCUT2D eigenvalue weighted by molar-refractivity contribution is -0.122. The number of sulfonamides is 1. The summed E-state index contributed by atoms with van der Waals surface area (Å²) in [6, 6.07) is 8.23. The summed E-state index contributed by atoms with van der Waals surface area (Å²) in [6.45, 7) is 1.15. The standard InChI is InChI=1S/C20H20F2N4O5S/c1-12(26(32(3,28)29)14-6-9-16(21)17(22)10-14)20(27)23-11-18-24-19(25-31-18)13-4-7-15(30-2)8-5-13/h4-10,12H,11H2,1-3H3,(H,23,27)/t12-/m0/s1. The number of carbonyl (C=O) groups is 1. The molecule has 0 fully saturated rings. The van der Waals surface area contributed by atoms with Gasteiger partial charge in [-0.25, -0.2) is 17.2 Å². The molecule has 2 aromatic carbocycles. The Labute approximate surface area is 183 Å². The molecule has 3 aromatic rings. The number of hydrogen-bond donors (Lipinski definition) is 1. The van der Waals surface area contributed by atoms with Crippen molar-refractivity contribution in [2.45, 2.75) is 19.5 Å². The fraction of sp³-hybridized carbons (Fsp3) is 0.250. The molecular weight excluding hydrogens is 446 g/mol. The van der Waals surface area contributed by atoms with Crippen molar-refractivity contribution in [3.63, 3.8) is 0 Å². The summed E-state index contributed by atoms with van der Waals surface area (Å²) < 4.78 is 62.2. The van der Waals surface area contributed by atoms with E-state index in [0.717, 1.165) is 18.4 Å². The van der Waals surface area contributed by atoms with Crippen molar-refractivity contribution in [2.24, 2.45) is 0 Å². The zero-order chi connectivity index (χ0) is 23.5. The SMILES string of the molecule is COc1ccc(-c2noc(CNC(=O)[C@H](C)N(c3ccc(F)c(F)c3)S(C)(=O)=O)n2)cc1. The largest absolute Gasteiger partial charge is 0.497 e. The summed E-state index contributed by atoms with van der Waals surface area (Å²) in [5.74, 6) is -2.02. The maximum atomic E-state index is 13.6. The van der Waals surface area contributed by atoms with E-state index < -0.39 is 33.6 Å². The van der Waals surface area contributed by atoms with Crippen LogP contribution in [0.5, 0.6) is 5.75 Å². The summed E-state index contributed by atoms with van der Waals surface area (Å²) in [7, 11) is -2.45. The van der Waals surface area contributed by atoms with E-state index in [-0.39, 0.29) is 18.1 Å². The number of ether oxygens (including phenoxy) is 1. The molecule has 0 saturated heterocycles. The summed E-state index contributed by atoms with van der Waals surface area (Å²) in [5, 5.41) is 6.34. The highest BCUT2D eigenvalue weighted by molar-refractivity contribution is 7.92. The molecule has 0 saturated carbocycles. The van der Waals surface area contributed by atoms with Gasteiger partial charge in [-0.05, 0) is 43.3 Å². The van der Waals surface area contributed by atoms with Gasteiger partial charge in [0.2, 0.25) is 27.6 Å². The van der Waals surface area contributed by atoms with Crippen molar-refractivity contribution in [2.75, 3.05) is 17.7 Å². The van der Waals surface area contributed by atoms with Crippen molar-refractivity contribution in [3.05, 3.63) is 60.0 Å². The molecule has 0 aliphatic rings. The van der Waals surface area contributed by atoms with Crippen LogP contribution in [0.15, 0.2) is 47.0 Å². The molecule has 170 valence electrons. The molecule has 1 amide bonds. The summed E-state index contributed by atoms with van der Waals surface area (Å²) in [6.07, 6.45) is 0.858. The first-order valence-corrected chi connectivity index (χ1v) is 11.1. The number of nitrogens with one attached hydrogen (secondary N) is 1.